The fraction of sp³-hybridized carbons (Fsp3) is 0.368. The Hall–Kier alpha value is -2.02. The number of benzene rings is 1. The maximum Gasteiger partial charge on any atom is 0.417 e. The van der Waals surface area contributed by atoms with Crippen LogP contribution in [0.3, 0.4) is 0 Å². The fourth-order valence-corrected chi connectivity index (χ4v) is 3.36. The van der Waals surface area contributed by atoms with Crippen LogP contribution in [0.15, 0.2) is 35.4 Å². The summed E-state index contributed by atoms with van der Waals surface area (Å²) < 4.78 is 40.8. The zero-order valence-electron chi connectivity index (χ0n) is 15.5. The van der Waals surface area contributed by atoms with Crippen molar-refractivity contribution in [2.45, 2.75) is 38.8 Å². The molecule has 0 saturated heterocycles. The van der Waals surface area contributed by atoms with Crippen molar-refractivity contribution >= 4 is 22.8 Å². The molecule has 0 radical (unpaired) electrons. The third-order valence-corrected chi connectivity index (χ3v) is 4.64. The maximum absolute atomic E-state index is 13.0. The standard InChI is InChI=1S/C17H16F3N3S.C2H6/c1-4-24-14-8-11(17(18,19)20)9-21-15(14)16-22-12-7-10(2)5-6-13(12)23(16)3;1-2/h5-9H,4H2,1-3H3;1-2H3. The summed E-state index contributed by atoms with van der Waals surface area (Å²) in [7, 11) is 1.85. The van der Waals surface area contributed by atoms with Crippen molar-refractivity contribution in [3.05, 3.63) is 41.6 Å². The lowest BCUT2D eigenvalue weighted by molar-refractivity contribution is -0.138. The summed E-state index contributed by atoms with van der Waals surface area (Å²) in [6.45, 7) is 7.87. The first kappa shape index (κ1) is 20.3. The molecular formula is C19H22F3N3S. The molecule has 140 valence electrons. The predicted octanol–water partition coefficient (Wildman–Crippen LogP) is 6.10. The van der Waals surface area contributed by atoms with Gasteiger partial charge in [-0.3, -0.25) is 4.98 Å². The molecule has 0 N–H and O–H groups in total. The van der Waals surface area contributed by atoms with Crippen molar-refractivity contribution in [2.75, 3.05) is 5.75 Å². The molecule has 0 aliphatic heterocycles. The molecule has 0 saturated carbocycles. The van der Waals surface area contributed by atoms with E-state index in [4.69, 9.17) is 0 Å². The van der Waals surface area contributed by atoms with E-state index in [1.54, 1.807) is 0 Å². The van der Waals surface area contributed by atoms with Crippen molar-refractivity contribution in [3.63, 3.8) is 0 Å². The highest BCUT2D eigenvalue weighted by molar-refractivity contribution is 7.99. The van der Waals surface area contributed by atoms with Gasteiger partial charge in [-0.1, -0.05) is 26.8 Å². The van der Waals surface area contributed by atoms with Crippen molar-refractivity contribution < 1.29 is 13.2 Å². The van der Waals surface area contributed by atoms with Crippen molar-refractivity contribution in [1.82, 2.24) is 14.5 Å². The van der Waals surface area contributed by atoms with E-state index in [-0.39, 0.29) is 0 Å². The molecule has 0 unspecified atom stereocenters. The van der Waals surface area contributed by atoms with Crippen molar-refractivity contribution in [1.29, 1.82) is 0 Å². The highest BCUT2D eigenvalue weighted by Crippen LogP contribution is 2.36. The number of rotatable bonds is 3. The molecule has 3 aromatic rings. The number of halogens is 3. The number of hydrogen-bond acceptors (Lipinski definition) is 3. The number of pyridine rings is 1. The van der Waals surface area contributed by atoms with Crippen LogP contribution >= 0.6 is 11.8 Å². The number of thioether (sulfide) groups is 1. The first-order valence-electron chi connectivity index (χ1n) is 8.44. The second kappa shape index (κ2) is 8.12. The van der Waals surface area contributed by atoms with E-state index < -0.39 is 11.7 Å². The van der Waals surface area contributed by atoms with Gasteiger partial charge in [0.2, 0.25) is 0 Å². The molecule has 0 aliphatic rings. The molecule has 0 atom stereocenters. The Labute approximate surface area is 155 Å². The van der Waals surface area contributed by atoms with Gasteiger partial charge in [0.25, 0.3) is 0 Å². The van der Waals surface area contributed by atoms with Crippen LogP contribution in [-0.4, -0.2) is 20.3 Å². The van der Waals surface area contributed by atoms with E-state index in [0.717, 1.165) is 28.9 Å². The van der Waals surface area contributed by atoms with Crippen LogP contribution in [0.5, 0.6) is 0 Å². The highest BCUT2D eigenvalue weighted by atomic mass is 32.2. The predicted molar refractivity (Wildman–Crippen MR) is 101 cm³/mol. The quantitative estimate of drug-likeness (QED) is 0.514. The smallest absolute Gasteiger partial charge is 0.326 e. The highest BCUT2D eigenvalue weighted by Gasteiger charge is 2.32. The lowest BCUT2D eigenvalue weighted by Crippen LogP contribution is -2.07. The summed E-state index contributed by atoms with van der Waals surface area (Å²) >= 11 is 1.33. The number of imidazole rings is 1. The van der Waals surface area contributed by atoms with Gasteiger partial charge in [-0.05, 0) is 36.4 Å². The van der Waals surface area contributed by atoms with Crippen LogP contribution in [0.1, 0.15) is 31.9 Å². The van der Waals surface area contributed by atoms with E-state index in [0.29, 0.717) is 22.2 Å². The van der Waals surface area contributed by atoms with Gasteiger partial charge < -0.3 is 4.57 Å². The molecule has 2 heterocycles. The third kappa shape index (κ3) is 4.03. The molecule has 0 bridgehead atoms. The van der Waals surface area contributed by atoms with Crippen LogP contribution in [-0.2, 0) is 13.2 Å². The largest absolute Gasteiger partial charge is 0.417 e. The number of aryl methyl sites for hydroxylation is 2. The molecule has 1 aromatic carbocycles. The fourth-order valence-electron chi connectivity index (χ4n) is 2.55. The van der Waals surface area contributed by atoms with E-state index in [9.17, 15) is 13.2 Å². The number of fused-ring (bicyclic) bond motifs is 1. The van der Waals surface area contributed by atoms with Gasteiger partial charge >= 0.3 is 6.18 Å². The number of aromatic nitrogens is 3. The normalized spacial score (nSPS) is 11.4. The second-order valence-corrected chi connectivity index (χ2v) is 6.79. The van der Waals surface area contributed by atoms with E-state index >= 15 is 0 Å². The Balaban J connectivity index is 0.00000117. The minimum atomic E-state index is -4.40. The SMILES string of the molecule is CC.CCSc1cc(C(F)(F)F)cnc1-c1nc2cc(C)ccc2n1C. The van der Waals surface area contributed by atoms with Gasteiger partial charge in [-0.2, -0.15) is 13.2 Å². The average Bonchev–Trinajstić information content (AvgIpc) is 2.92. The molecule has 2 aromatic heterocycles. The Morgan fingerprint density at radius 2 is 1.85 bits per heavy atom. The zero-order chi connectivity index (χ0) is 19.5. The van der Waals surface area contributed by atoms with Crippen LogP contribution in [0.2, 0.25) is 0 Å². The zero-order valence-corrected chi connectivity index (χ0v) is 16.3. The molecule has 3 nitrogen and oxygen atoms in total. The Morgan fingerprint density at radius 3 is 2.46 bits per heavy atom. The molecular weight excluding hydrogens is 359 g/mol. The summed E-state index contributed by atoms with van der Waals surface area (Å²) in [6, 6.07) is 7.05. The lowest BCUT2D eigenvalue weighted by Gasteiger charge is -2.12. The molecule has 0 fully saturated rings. The van der Waals surface area contributed by atoms with E-state index in [1.807, 2.05) is 57.5 Å². The molecule has 0 amide bonds. The first-order chi connectivity index (χ1) is 12.3. The second-order valence-electron chi connectivity index (χ2n) is 5.49. The number of hydrogen-bond donors (Lipinski definition) is 0. The van der Waals surface area contributed by atoms with Gasteiger partial charge in [0.15, 0.2) is 5.82 Å². The summed E-state index contributed by atoms with van der Waals surface area (Å²) in [5.41, 5.74) is 2.55. The third-order valence-electron chi connectivity index (χ3n) is 3.73. The number of nitrogens with zero attached hydrogens (tertiary/aromatic N) is 3. The Bertz CT molecular complexity index is 901. The van der Waals surface area contributed by atoms with Gasteiger partial charge in [0.05, 0.1) is 16.6 Å². The monoisotopic (exact) mass is 381 g/mol. The lowest BCUT2D eigenvalue weighted by atomic mass is 10.2. The Kier molecular flexibility index (Phi) is 6.34. The van der Waals surface area contributed by atoms with Crippen LogP contribution in [0.25, 0.3) is 22.6 Å². The molecule has 7 heteroatoms. The van der Waals surface area contributed by atoms with E-state index in [1.165, 1.54) is 11.8 Å². The molecule has 0 aliphatic carbocycles. The summed E-state index contributed by atoms with van der Waals surface area (Å²) in [4.78, 5) is 9.16. The summed E-state index contributed by atoms with van der Waals surface area (Å²) in [5, 5.41) is 0. The maximum atomic E-state index is 13.0. The summed E-state index contributed by atoms with van der Waals surface area (Å²) in [5.74, 6) is 1.22. The number of alkyl halides is 3. The molecule has 0 spiro atoms. The van der Waals surface area contributed by atoms with Crippen molar-refractivity contribution in [2.24, 2.45) is 7.05 Å². The summed E-state index contributed by atoms with van der Waals surface area (Å²) in [6.07, 6.45) is -3.53. The van der Waals surface area contributed by atoms with Gasteiger partial charge in [-0.15, -0.1) is 11.8 Å². The van der Waals surface area contributed by atoms with E-state index in [2.05, 4.69) is 9.97 Å². The minimum absolute atomic E-state index is 0.478. The molecule has 26 heavy (non-hydrogen) atoms. The minimum Gasteiger partial charge on any atom is -0.326 e. The molecule has 3 rings (SSSR count). The van der Waals surface area contributed by atoms with Crippen LogP contribution in [0, 0.1) is 6.92 Å². The first-order valence-corrected chi connectivity index (χ1v) is 9.43. The van der Waals surface area contributed by atoms with Gasteiger partial charge in [0.1, 0.15) is 5.69 Å². The van der Waals surface area contributed by atoms with Crippen LogP contribution in [0.4, 0.5) is 13.2 Å². The average molecular weight is 381 g/mol. The Morgan fingerprint density at radius 1 is 1.15 bits per heavy atom. The topological polar surface area (TPSA) is 30.7 Å². The van der Waals surface area contributed by atoms with Gasteiger partial charge in [-0.25, -0.2) is 4.98 Å². The van der Waals surface area contributed by atoms with Crippen molar-refractivity contribution in [3.8, 4) is 11.5 Å². The van der Waals surface area contributed by atoms with Crippen LogP contribution < -0.4 is 0 Å². The van der Waals surface area contributed by atoms with Gasteiger partial charge in [0, 0.05) is 18.1 Å².